The lowest BCUT2D eigenvalue weighted by atomic mass is 9.94. The van der Waals surface area contributed by atoms with Crippen LogP contribution in [0.3, 0.4) is 0 Å². The number of pyridine rings is 1. The fraction of sp³-hybridized carbons (Fsp3) is 0.267. The molecule has 18 heavy (non-hydrogen) atoms. The van der Waals surface area contributed by atoms with Crippen LogP contribution in [0.1, 0.15) is 23.7 Å². The van der Waals surface area contributed by atoms with Crippen molar-refractivity contribution in [2.75, 3.05) is 11.9 Å². The van der Waals surface area contributed by atoms with E-state index in [1.54, 1.807) is 0 Å². The zero-order valence-corrected chi connectivity index (χ0v) is 11.9. The second-order valence-corrected chi connectivity index (χ2v) is 5.61. The highest BCUT2D eigenvalue weighted by Gasteiger charge is 2.25. The molecule has 0 fully saturated rings. The Labute approximate surface area is 116 Å². The van der Waals surface area contributed by atoms with Crippen LogP contribution in [0, 0.1) is 0 Å². The number of rotatable bonds is 1. The molecule has 1 aromatic heterocycles. The average molecular weight is 303 g/mol. The van der Waals surface area contributed by atoms with Crippen molar-refractivity contribution in [3.63, 3.8) is 0 Å². The zero-order valence-electron chi connectivity index (χ0n) is 10.3. The van der Waals surface area contributed by atoms with E-state index in [2.05, 4.69) is 63.2 Å². The standard InChI is InChI=1S/C15H15BrN2/c1-18-14-8-6-12(16)10-11(14)5-7-15(18)13-4-2-3-9-17-13/h2-4,6,8-10,15H,5,7H2,1H3/t15-/m0/s1. The number of anilines is 1. The van der Waals surface area contributed by atoms with Crippen molar-refractivity contribution in [2.45, 2.75) is 18.9 Å². The first-order valence-electron chi connectivity index (χ1n) is 6.18. The highest BCUT2D eigenvalue weighted by molar-refractivity contribution is 9.10. The molecule has 1 aromatic carbocycles. The predicted molar refractivity (Wildman–Crippen MR) is 77.8 cm³/mol. The van der Waals surface area contributed by atoms with Gasteiger partial charge >= 0.3 is 0 Å². The number of benzene rings is 1. The van der Waals surface area contributed by atoms with E-state index in [1.807, 2.05) is 12.3 Å². The van der Waals surface area contributed by atoms with E-state index in [1.165, 1.54) is 11.3 Å². The summed E-state index contributed by atoms with van der Waals surface area (Å²) in [5.41, 5.74) is 3.90. The Hall–Kier alpha value is -1.35. The van der Waals surface area contributed by atoms with Gasteiger partial charge in [-0.15, -0.1) is 0 Å². The Bertz CT molecular complexity index is 554. The van der Waals surface area contributed by atoms with Crippen LogP contribution in [0.15, 0.2) is 47.1 Å². The minimum Gasteiger partial charge on any atom is -0.366 e. The topological polar surface area (TPSA) is 16.1 Å². The molecule has 0 unspecified atom stereocenters. The van der Waals surface area contributed by atoms with Crippen LogP contribution in [0.5, 0.6) is 0 Å². The van der Waals surface area contributed by atoms with Gasteiger partial charge in [0.1, 0.15) is 0 Å². The normalized spacial score (nSPS) is 18.6. The molecule has 2 heterocycles. The van der Waals surface area contributed by atoms with Crippen molar-refractivity contribution in [3.05, 3.63) is 58.3 Å². The first-order chi connectivity index (χ1) is 8.75. The monoisotopic (exact) mass is 302 g/mol. The van der Waals surface area contributed by atoms with Gasteiger partial charge in [-0.2, -0.15) is 0 Å². The van der Waals surface area contributed by atoms with E-state index in [-0.39, 0.29) is 0 Å². The molecule has 0 amide bonds. The van der Waals surface area contributed by atoms with Crippen molar-refractivity contribution in [1.82, 2.24) is 4.98 Å². The maximum Gasteiger partial charge on any atom is 0.0713 e. The highest BCUT2D eigenvalue weighted by Crippen LogP contribution is 2.37. The van der Waals surface area contributed by atoms with Crippen molar-refractivity contribution in [2.24, 2.45) is 0 Å². The summed E-state index contributed by atoms with van der Waals surface area (Å²) in [6.07, 6.45) is 4.11. The van der Waals surface area contributed by atoms with E-state index in [0.717, 1.165) is 23.0 Å². The van der Waals surface area contributed by atoms with Gasteiger partial charge in [-0.25, -0.2) is 0 Å². The number of halogens is 1. The molecular weight excluding hydrogens is 288 g/mol. The van der Waals surface area contributed by atoms with Crippen LogP contribution in [0.25, 0.3) is 0 Å². The van der Waals surface area contributed by atoms with Crippen LogP contribution in [0.2, 0.25) is 0 Å². The van der Waals surface area contributed by atoms with E-state index in [0.29, 0.717) is 6.04 Å². The third-order valence-corrected chi connectivity index (χ3v) is 4.10. The summed E-state index contributed by atoms with van der Waals surface area (Å²) in [6, 6.07) is 13.1. The minimum atomic E-state index is 0.389. The summed E-state index contributed by atoms with van der Waals surface area (Å²) in [7, 11) is 2.16. The number of nitrogens with zero attached hydrogens (tertiary/aromatic N) is 2. The molecule has 0 saturated carbocycles. The van der Waals surface area contributed by atoms with Gasteiger partial charge in [0.2, 0.25) is 0 Å². The van der Waals surface area contributed by atoms with E-state index >= 15 is 0 Å². The van der Waals surface area contributed by atoms with Crippen LogP contribution in [-0.4, -0.2) is 12.0 Å². The van der Waals surface area contributed by atoms with Gasteiger partial charge in [0, 0.05) is 23.4 Å². The molecule has 2 nitrogen and oxygen atoms in total. The predicted octanol–water partition coefficient (Wildman–Crippen LogP) is 3.97. The lowest BCUT2D eigenvalue weighted by molar-refractivity contribution is 0.570. The largest absolute Gasteiger partial charge is 0.366 e. The third-order valence-electron chi connectivity index (χ3n) is 3.61. The Kier molecular flexibility index (Phi) is 3.08. The second-order valence-electron chi connectivity index (χ2n) is 4.69. The smallest absolute Gasteiger partial charge is 0.0713 e. The maximum atomic E-state index is 4.49. The van der Waals surface area contributed by atoms with Gasteiger partial charge in [-0.1, -0.05) is 22.0 Å². The summed E-state index contributed by atoms with van der Waals surface area (Å²) in [5.74, 6) is 0. The second kappa shape index (κ2) is 4.73. The lowest BCUT2D eigenvalue weighted by Crippen LogP contribution is -2.29. The van der Waals surface area contributed by atoms with Crippen molar-refractivity contribution < 1.29 is 0 Å². The molecule has 3 rings (SSSR count). The molecule has 1 atom stereocenters. The summed E-state index contributed by atoms with van der Waals surface area (Å²) in [5, 5.41) is 0. The molecule has 92 valence electrons. The summed E-state index contributed by atoms with van der Waals surface area (Å²) < 4.78 is 1.16. The first-order valence-corrected chi connectivity index (χ1v) is 6.97. The summed E-state index contributed by atoms with van der Waals surface area (Å²) in [6.45, 7) is 0. The van der Waals surface area contributed by atoms with Crippen LogP contribution in [0.4, 0.5) is 5.69 Å². The van der Waals surface area contributed by atoms with E-state index < -0.39 is 0 Å². The third kappa shape index (κ3) is 2.03. The Morgan fingerprint density at radius 1 is 1.28 bits per heavy atom. The maximum absolute atomic E-state index is 4.49. The molecule has 0 saturated heterocycles. The molecule has 1 aliphatic heterocycles. The number of aryl methyl sites for hydroxylation is 1. The SMILES string of the molecule is CN1c2ccc(Br)cc2CC[C@H]1c1ccccn1. The molecule has 0 spiro atoms. The molecule has 0 radical (unpaired) electrons. The van der Waals surface area contributed by atoms with Crippen molar-refractivity contribution >= 4 is 21.6 Å². The quantitative estimate of drug-likeness (QED) is 0.792. The van der Waals surface area contributed by atoms with Gasteiger partial charge in [0.15, 0.2) is 0 Å². The fourth-order valence-electron chi connectivity index (χ4n) is 2.67. The summed E-state index contributed by atoms with van der Waals surface area (Å²) >= 11 is 3.54. The number of fused-ring (bicyclic) bond motifs is 1. The molecular formula is C15H15BrN2. The number of hydrogen-bond donors (Lipinski definition) is 0. The van der Waals surface area contributed by atoms with Gasteiger partial charge < -0.3 is 4.90 Å². The van der Waals surface area contributed by atoms with Crippen molar-refractivity contribution in [3.8, 4) is 0 Å². The molecule has 1 aliphatic rings. The lowest BCUT2D eigenvalue weighted by Gasteiger charge is -2.35. The van der Waals surface area contributed by atoms with Gasteiger partial charge in [0.25, 0.3) is 0 Å². The van der Waals surface area contributed by atoms with E-state index in [9.17, 15) is 0 Å². The Morgan fingerprint density at radius 3 is 2.94 bits per heavy atom. The highest BCUT2D eigenvalue weighted by atomic mass is 79.9. The zero-order chi connectivity index (χ0) is 12.5. The van der Waals surface area contributed by atoms with Gasteiger partial charge in [0.05, 0.1) is 11.7 Å². The molecule has 2 aromatic rings. The first kappa shape index (κ1) is 11.7. The van der Waals surface area contributed by atoms with Crippen molar-refractivity contribution in [1.29, 1.82) is 0 Å². The number of aromatic nitrogens is 1. The Balaban J connectivity index is 1.97. The summed E-state index contributed by atoms with van der Waals surface area (Å²) in [4.78, 5) is 6.83. The van der Waals surface area contributed by atoms with E-state index in [4.69, 9.17) is 0 Å². The molecule has 0 bridgehead atoms. The van der Waals surface area contributed by atoms with Crippen LogP contribution >= 0.6 is 15.9 Å². The van der Waals surface area contributed by atoms with Gasteiger partial charge in [-0.05, 0) is 48.7 Å². The van der Waals surface area contributed by atoms with Gasteiger partial charge in [-0.3, -0.25) is 4.98 Å². The number of hydrogen-bond acceptors (Lipinski definition) is 2. The fourth-order valence-corrected chi connectivity index (χ4v) is 3.08. The molecule has 0 aliphatic carbocycles. The van der Waals surface area contributed by atoms with Crippen LogP contribution in [-0.2, 0) is 6.42 Å². The average Bonchev–Trinajstić information content (AvgIpc) is 2.40. The molecule has 3 heteroatoms. The minimum absolute atomic E-state index is 0.389. The van der Waals surface area contributed by atoms with Crippen LogP contribution < -0.4 is 4.90 Å². The Morgan fingerprint density at radius 2 is 2.17 bits per heavy atom. The molecule has 0 N–H and O–H groups in total.